The third kappa shape index (κ3) is 3.24. The first kappa shape index (κ1) is 13.4. The molecule has 1 aromatic rings. The van der Waals surface area contributed by atoms with Crippen LogP contribution in [0, 0.1) is 0 Å². The van der Waals surface area contributed by atoms with Crippen LogP contribution in [-0.4, -0.2) is 58.9 Å². The number of likely N-dealkylation sites (tertiary alicyclic amines) is 1. The zero-order valence-corrected chi connectivity index (χ0v) is 11.4. The Morgan fingerprint density at radius 2 is 2.28 bits per heavy atom. The van der Waals surface area contributed by atoms with Gasteiger partial charge in [0.15, 0.2) is 5.82 Å². The molecule has 0 spiro atoms. The lowest BCUT2D eigenvalue weighted by Crippen LogP contribution is -2.38. The molecule has 1 saturated heterocycles. The molecule has 2 rings (SSSR count). The predicted molar refractivity (Wildman–Crippen MR) is 65.1 cm³/mol. The van der Waals surface area contributed by atoms with Gasteiger partial charge < -0.3 is 0 Å². The largest absolute Gasteiger partial charge is 0.292 e. The molecule has 0 aromatic carbocycles. The van der Waals surface area contributed by atoms with Gasteiger partial charge in [0.2, 0.25) is 10.0 Å². The van der Waals surface area contributed by atoms with Crippen LogP contribution >= 0.6 is 0 Å². The van der Waals surface area contributed by atoms with E-state index in [1.54, 1.807) is 7.05 Å². The zero-order chi connectivity index (χ0) is 13.2. The first-order valence-corrected chi connectivity index (χ1v) is 7.53. The molecule has 0 bridgehead atoms. The number of nitrogens with one attached hydrogen (secondary N) is 1. The van der Waals surface area contributed by atoms with E-state index in [1.807, 2.05) is 0 Å². The molecule has 0 amide bonds. The quantitative estimate of drug-likeness (QED) is 0.719. The number of aryl methyl sites for hydroxylation is 1. The van der Waals surface area contributed by atoms with Crippen LogP contribution in [0.4, 0.5) is 0 Å². The molecule has 1 aliphatic rings. The summed E-state index contributed by atoms with van der Waals surface area (Å²) in [5.41, 5.74) is 0. The molecule has 1 N–H and O–H groups in total. The number of hydrogen-bond acceptors (Lipinski definition) is 6. The van der Waals surface area contributed by atoms with Crippen molar-refractivity contribution in [1.29, 1.82) is 0 Å². The highest BCUT2D eigenvalue weighted by molar-refractivity contribution is 7.89. The topological polar surface area (TPSA) is 93.0 Å². The number of aromatic nitrogens is 4. The minimum absolute atomic E-state index is 0.0336. The summed E-state index contributed by atoms with van der Waals surface area (Å²) in [6.45, 7) is 1.43. The van der Waals surface area contributed by atoms with Crippen LogP contribution < -0.4 is 4.72 Å². The average Bonchev–Trinajstić information content (AvgIpc) is 2.89. The molecule has 0 radical (unpaired) electrons. The lowest BCUT2D eigenvalue weighted by molar-refractivity contribution is 0.254. The Kier molecular flexibility index (Phi) is 3.93. The zero-order valence-electron chi connectivity index (χ0n) is 10.6. The second-order valence-electron chi connectivity index (χ2n) is 4.45. The average molecular weight is 274 g/mol. The molecule has 2 heterocycles. The molecule has 1 atom stereocenters. The van der Waals surface area contributed by atoms with E-state index < -0.39 is 10.0 Å². The molecule has 1 fully saturated rings. The van der Waals surface area contributed by atoms with E-state index in [4.69, 9.17) is 0 Å². The van der Waals surface area contributed by atoms with Crippen LogP contribution in [0.25, 0.3) is 0 Å². The van der Waals surface area contributed by atoms with E-state index in [0.717, 1.165) is 19.4 Å². The summed E-state index contributed by atoms with van der Waals surface area (Å²) in [6.07, 6.45) is 1.89. The number of tetrazole rings is 1. The Hall–Kier alpha value is -1.06. The van der Waals surface area contributed by atoms with Gasteiger partial charge >= 0.3 is 0 Å². The Morgan fingerprint density at radius 1 is 1.50 bits per heavy atom. The molecule has 102 valence electrons. The highest BCUT2D eigenvalue weighted by Gasteiger charge is 2.29. The standard InChI is InChI=1S/C9H18N6O2S/c1-10-18(16,17)7-8-4-3-5-15(8)6-9-11-13-14(2)12-9/h8,10H,3-7H2,1-2H3. The van der Waals surface area contributed by atoms with Crippen molar-refractivity contribution in [2.24, 2.45) is 7.05 Å². The van der Waals surface area contributed by atoms with Gasteiger partial charge in [-0.05, 0) is 31.6 Å². The Labute approximate surface area is 106 Å². The van der Waals surface area contributed by atoms with Gasteiger partial charge in [0.1, 0.15) is 0 Å². The number of rotatable bonds is 5. The van der Waals surface area contributed by atoms with Crippen LogP contribution in [0.3, 0.4) is 0 Å². The van der Waals surface area contributed by atoms with Gasteiger partial charge in [0.25, 0.3) is 0 Å². The summed E-state index contributed by atoms with van der Waals surface area (Å²) >= 11 is 0. The van der Waals surface area contributed by atoms with Crippen molar-refractivity contribution in [3.8, 4) is 0 Å². The van der Waals surface area contributed by atoms with E-state index in [-0.39, 0.29) is 11.8 Å². The molecule has 0 saturated carbocycles. The summed E-state index contributed by atoms with van der Waals surface area (Å²) in [5, 5.41) is 11.8. The van der Waals surface area contributed by atoms with E-state index in [2.05, 4.69) is 25.0 Å². The molecule has 1 aromatic heterocycles. The van der Waals surface area contributed by atoms with Gasteiger partial charge in [0.05, 0.1) is 19.3 Å². The molecule has 8 nitrogen and oxygen atoms in total. The van der Waals surface area contributed by atoms with E-state index in [0.29, 0.717) is 12.4 Å². The first-order chi connectivity index (χ1) is 8.50. The SMILES string of the molecule is CNS(=O)(=O)CC1CCCN1Cc1nnn(C)n1. The maximum absolute atomic E-state index is 11.6. The van der Waals surface area contributed by atoms with Crippen LogP contribution in [0.5, 0.6) is 0 Å². The Morgan fingerprint density at radius 3 is 2.89 bits per heavy atom. The summed E-state index contributed by atoms with van der Waals surface area (Å²) in [4.78, 5) is 3.51. The molecular formula is C9H18N6O2S. The van der Waals surface area contributed by atoms with Gasteiger partial charge in [-0.3, -0.25) is 4.90 Å². The predicted octanol–water partition coefficient (Wildman–Crippen LogP) is -1.28. The monoisotopic (exact) mass is 274 g/mol. The fourth-order valence-corrected chi connectivity index (χ4v) is 3.25. The van der Waals surface area contributed by atoms with Gasteiger partial charge in [-0.1, -0.05) is 0 Å². The summed E-state index contributed by atoms with van der Waals surface area (Å²) in [6, 6.07) is 0.0336. The Bertz CT molecular complexity index is 499. The van der Waals surface area contributed by atoms with Crippen LogP contribution in [0.1, 0.15) is 18.7 Å². The fraction of sp³-hybridized carbons (Fsp3) is 0.889. The van der Waals surface area contributed by atoms with Gasteiger partial charge in [-0.2, -0.15) is 4.80 Å². The third-order valence-corrected chi connectivity index (χ3v) is 4.56. The maximum Gasteiger partial charge on any atom is 0.212 e. The van der Waals surface area contributed by atoms with Crippen LogP contribution in [-0.2, 0) is 23.6 Å². The number of sulfonamides is 1. The summed E-state index contributed by atoms with van der Waals surface area (Å²) in [7, 11) is -0.0212. The van der Waals surface area contributed by atoms with Crippen molar-refractivity contribution in [3.63, 3.8) is 0 Å². The van der Waals surface area contributed by atoms with Crippen molar-refractivity contribution < 1.29 is 8.42 Å². The third-order valence-electron chi connectivity index (χ3n) is 3.12. The van der Waals surface area contributed by atoms with Crippen molar-refractivity contribution in [2.75, 3.05) is 19.3 Å². The minimum Gasteiger partial charge on any atom is -0.292 e. The van der Waals surface area contributed by atoms with Gasteiger partial charge in [-0.15, -0.1) is 10.2 Å². The lowest BCUT2D eigenvalue weighted by atomic mass is 10.2. The molecule has 1 unspecified atom stereocenters. The smallest absolute Gasteiger partial charge is 0.212 e. The van der Waals surface area contributed by atoms with E-state index in [1.165, 1.54) is 11.8 Å². The Balaban J connectivity index is 1.99. The van der Waals surface area contributed by atoms with Gasteiger partial charge in [-0.25, -0.2) is 13.1 Å². The fourth-order valence-electron chi connectivity index (χ4n) is 2.20. The molecule has 9 heteroatoms. The second-order valence-corrected chi connectivity index (χ2v) is 6.42. The first-order valence-electron chi connectivity index (χ1n) is 5.88. The molecular weight excluding hydrogens is 256 g/mol. The van der Waals surface area contributed by atoms with Crippen molar-refractivity contribution in [3.05, 3.63) is 5.82 Å². The minimum atomic E-state index is -3.18. The second kappa shape index (κ2) is 5.29. The van der Waals surface area contributed by atoms with E-state index in [9.17, 15) is 8.42 Å². The van der Waals surface area contributed by atoms with E-state index >= 15 is 0 Å². The molecule has 0 aliphatic carbocycles. The maximum atomic E-state index is 11.6. The summed E-state index contributed by atoms with van der Waals surface area (Å²) in [5.74, 6) is 0.760. The number of hydrogen-bond donors (Lipinski definition) is 1. The van der Waals surface area contributed by atoms with Crippen LogP contribution in [0.2, 0.25) is 0 Å². The van der Waals surface area contributed by atoms with Crippen molar-refractivity contribution in [1.82, 2.24) is 29.8 Å². The normalized spacial score (nSPS) is 21.6. The van der Waals surface area contributed by atoms with Crippen molar-refractivity contribution in [2.45, 2.75) is 25.4 Å². The van der Waals surface area contributed by atoms with Crippen LogP contribution in [0.15, 0.2) is 0 Å². The van der Waals surface area contributed by atoms with Gasteiger partial charge in [0, 0.05) is 6.04 Å². The van der Waals surface area contributed by atoms with Crippen molar-refractivity contribution >= 4 is 10.0 Å². The molecule has 1 aliphatic heterocycles. The highest BCUT2D eigenvalue weighted by atomic mass is 32.2. The molecule has 18 heavy (non-hydrogen) atoms. The highest BCUT2D eigenvalue weighted by Crippen LogP contribution is 2.19. The lowest BCUT2D eigenvalue weighted by Gasteiger charge is -2.22. The number of nitrogens with zero attached hydrogens (tertiary/aromatic N) is 5. The summed E-state index contributed by atoms with van der Waals surface area (Å²) < 4.78 is 25.5.